The van der Waals surface area contributed by atoms with Gasteiger partial charge in [0.25, 0.3) is 0 Å². The van der Waals surface area contributed by atoms with Crippen LogP contribution in [0.2, 0.25) is 5.02 Å². The number of allylic oxidation sites excluding steroid dienone is 1. The lowest BCUT2D eigenvalue weighted by Crippen LogP contribution is -2.14. The third-order valence-electron chi connectivity index (χ3n) is 4.98. The number of halogens is 5. The zero-order chi connectivity index (χ0) is 23.0. The number of hydrogen-bond donors (Lipinski definition) is 0. The van der Waals surface area contributed by atoms with Crippen molar-refractivity contribution in [1.82, 2.24) is 0 Å². The second kappa shape index (κ2) is 8.24. The zero-order valence-electron chi connectivity index (χ0n) is 16.1. The van der Waals surface area contributed by atoms with Crippen LogP contribution in [-0.2, 0) is 20.5 Å². The lowest BCUT2D eigenvalue weighted by molar-refractivity contribution is -0.138. The quantitative estimate of drug-likeness (QED) is 0.196. The summed E-state index contributed by atoms with van der Waals surface area (Å²) in [6.45, 7) is 0. The van der Waals surface area contributed by atoms with Crippen LogP contribution in [0.5, 0.6) is 0 Å². The number of rotatable bonds is 3. The maximum absolute atomic E-state index is 14.8. The van der Waals surface area contributed by atoms with E-state index in [1.807, 2.05) is 6.07 Å². The third kappa shape index (κ3) is 4.16. The normalized spacial score (nSPS) is 17.7. The molecular formula is C24H13ClF4O3. The molecule has 1 saturated heterocycles. The van der Waals surface area contributed by atoms with Crippen molar-refractivity contribution >= 4 is 29.4 Å². The van der Waals surface area contributed by atoms with E-state index in [0.29, 0.717) is 5.56 Å². The van der Waals surface area contributed by atoms with Gasteiger partial charge in [-0.25, -0.2) is 4.39 Å². The highest BCUT2D eigenvalue weighted by Crippen LogP contribution is 2.36. The van der Waals surface area contributed by atoms with Gasteiger partial charge in [0.15, 0.2) is 11.7 Å². The number of Topliss-reactive ketones (excluding diaryl/α,β-unsaturated/α-hetero) is 1. The molecule has 3 nitrogen and oxygen atoms in total. The average molecular weight is 461 g/mol. The Labute approximate surface area is 184 Å². The molecule has 0 aromatic heterocycles. The molecule has 0 radical (unpaired) electrons. The van der Waals surface area contributed by atoms with Gasteiger partial charge in [0, 0.05) is 10.6 Å². The fourth-order valence-electron chi connectivity index (χ4n) is 3.38. The highest BCUT2D eigenvalue weighted by Gasteiger charge is 2.42. The minimum absolute atomic E-state index is 0.0730. The smallest absolute Gasteiger partial charge is 0.416 e. The van der Waals surface area contributed by atoms with E-state index in [2.05, 4.69) is 0 Å². The predicted molar refractivity (Wildman–Crippen MR) is 110 cm³/mol. The molecule has 0 amide bonds. The van der Waals surface area contributed by atoms with Crippen molar-refractivity contribution < 1.29 is 31.9 Å². The molecular weight excluding hydrogens is 448 g/mol. The van der Waals surface area contributed by atoms with Gasteiger partial charge in [-0.2, -0.15) is 13.2 Å². The van der Waals surface area contributed by atoms with Gasteiger partial charge in [0.05, 0.1) is 5.56 Å². The van der Waals surface area contributed by atoms with Gasteiger partial charge in [-0.15, -0.1) is 0 Å². The molecule has 32 heavy (non-hydrogen) atoms. The first kappa shape index (κ1) is 21.8. The number of esters is 1. The van der Waals surface area contributed by atoms with Crippen molar-refractivity contribution in [2.75, 3.05) is 0 Å². The molecule has 0 N–H and O–H groups in total. The predicted octanol–water partition coefficient (Wildman–Crippen LogP) is 6.42. The van der Waals surface area contributed by atoms with Crippen molar-refractivity contribution in [2.24, 2.45) is 0 Å². The van der Waals surface area contributed by atoms with Crippen LogP contribution in [0.25, 0.3) is 17.2 Å². The van der Waals surface area contributed by atoms with Crippen LogP contribution in [0.3, 0.4) is 0 Å². The summed E-state index contributed by atoms with van der Waals surface area (Å²) in [6, 6.07) is 15.6. The largest absolute Gasteiger partial charge is 0.422 e. The van der Waals surface area contributed by atoms with E-state index in [9.17, 15) is 27.2 Å². The molecule has 1 atom stereocenters. The molecule has 1 heterocycles. The molecule has 0 saturated carbocycles. The van der Waals surface area contributed by atoms with Crippen LogP contribution in [-0.4, -0.2) is 11.8 Å². The molecule has 1 unspecified atom stereocenters. The fourth-order valence-corrected chi connectivity index (χ4v) is 3.55. The minimum atomic E-state index is -4.62. The second-order valence-corrected chi connectivity index (χ2v) is 7.47. The Morgan fingerprint density at radius 1 is 0.906 bits per heavy atom. The Morgan fingerprint density at radius 2 is 1.62 bits per heavy atom. The van der Waals surface area contributed by atoms with Gasteiger partial charge in [-0.3, -0.25) is 9.59 Å². The van der Waals surface area contributed by atoms with Gasteiger partial charge in [0.2, 0.25) is 5.78 Å². The van der Waals surface area contributed by atoms with Crippen molar-refractivity contribution in [3.63, 3.8) is 0 Å². The number of hydrogen-bond acceptors (Lipinski definition) is 3. The van der Waals surface area contributed by atoms with Gasteiger partial charge in [-0.05, 0) is 47.0 Å². The molecule has 0 spiro atoms. The second-order valence-electron chi connectivity index (χ2n) is 7.06. The lowest BCUT2D eigenvalue weighted by Gasteiger charge is -2.09. The van der Waals surface area contributed by atoms with E-state index in [-0.39, 0.29) is 16.1 Å². The van der Waals surface area contributed by atoms with Crippen molar-refractivity contribution in [3.05, 3.63) is 100 Å². The summed E-state index contributed by atoms with van der Waals surface area (Å²) in [4.78, 5) is 25.1. The Hall–Kier alpha value is -3.45. The van der Waals surface area contributed by atoms with Crippen LogP contribution in [0, 0.1) is 5.82 Å². The van der Waals surface area contributed by atoms with Gasteiger partial charge in [-0.1, -0.05) is 54.1 Å². The Bertz CT molecular complexity index is 1250. The van der Waals surface area contributed by atoms with Crippen LogP contribution < -0.4 is 0 Å². The molecule has 8 heteroatoms. The summed E-state index contributed by atoms with van der Waals surface area (Å²) in [5.41, 5.74) is -0.0174. The molecule has 3 aromatic carbocycles. The van der Waals surface area contributed by atoms with Crippen LogP contribution in [0.1, 0.15) is 22.6 Å². The maximum atomic E-state index is 14.8. The van der Waals surface area contributed by atoms with Crippen molar-refractivity contribution in [2.45, 2.75) is 12.1 Å². The summed E-state index contributed by atoms with van der Waals surface area (Å²) >= 11 is 5.94. The molecule has 0 aliphatic carbocycles. The molecule has 4 rings (SSSR count). The SMILES string of the molecule is O=C1O/C(=C\c2cc(C(F)(F)F)ccc2Cl)C(=O)C1c1ccc(-c2ccccc2)cc1F. The first-order chi connectivity index (χ1) is 15.1. The van der Waals surface area contributed by atoms with Crippen molar-refractivity contribution in [1.29, 1.82) is 0 Å². The summed E-state index contributed by atoms with van der Waals surface area (Å²) in [5.74, 6) is -4.73. The Morgan fingerprint density at radius 3 is 2.28 bits per heavy atom. The van der Waals surface area contributed by atoms with Crippen molar-refractivity contribution in [3.8, 4) is 11.1 Å². The number of ketones is 1. The molecule has 0 bridgehead atoms. The van der Waals surface area contributed by atoms with E-state index < -0.39 is 41.0 Å². The lowest BCUT2D eigenvalue weighted by atomic mass is 9.92. The molecule has 1 fully saturated rings. The van der Waals surface area contributed by atoms with Gasteiger partial charge in [0.1, 0.15) is 5.82 Å². The number of ether oxygens (including phenoxy) is 1. The Balaban J connectivity index is 1.67. The van der Waals surface area contributed by atoms with E-state index in [4.69, 9.17) is 16.3 Å². The number of carbonyl (C=O) groups excluding carboxylic acids is 2. The number of benzene rings is 3. The third-order valence-corrected chi connectivity index (χ3v) is 5.32. The van der Waals surface area contributed by atoms with Crippen LogP contribution in [0.4, 0.5) is 17.6 Å². The zero-order valence-corrected chi connectivity index (χ0v) is 16.9. The number of cyclic esters (lactones) is 1. The first-order valence-corrected chi connectivity index (χ1v) is 9.72. The fraction of sp³-hybridized carbons (Fsp3) is 0.0833. The number of alkyl halides is 3. The van der Waals surface area contributed by atoms with E-state index in [1.165, 1.54) is 12.1 Å². The van der Waals surface area contributed by atoms with E-state index in [0.717, 1.165) is 29.8 Å². The molecule has 1 aliphatic heterocycles. The first-order valence-electron chi connectivity index (χ1n) is 9.34. The summed E-state index contributed by atoms with van der Waals surface area (Å²) in [7, 11) is 0. The monoisotopic (exact) mass is 460 g/mol. The maximum Gasteiger partial charge on any atom is 0.416 e. The average Bonchev–Trinajstić information content (AvgIpc) is 3.02. The molecule has 162 valence electrons. The topological polar surface area (TPSA) is 43.4 Å². The van der Waals surface area contributed by atoms with Gasteiger partial charge >= 0.3 is 12.1 Å². The summed E-state index contributed by atoms with van der Waals surface area (Å²) in [5, 5.41) is -0.0730. The standard InChI is InChI=1S/C24H13ClF4O3/c25-18-9-7-16(24(27,28)29)10-15(18)12-20-22(30)21(23(31)32-20)17-8-6-14(11-19(17)26)13-4-2-1-3-5-13/h1-12,21H/b20-12-. The van der Waals surface area contributed by atoms with Gasteiger partial charge < -0.3 is 4.74 Å². The molecule has 1 aliphatic rings. The minimum Gasteiger partial charge on any atom is -0.422 e. The van der Waals surface area contributed by atoms with Crippen LogP contribution in [0.15, 0.2) is 72.5 Å². The summed E-state index contributed by atoms with van der Waals surface area (Å²) in [6.07, 6.45) is -3.67. The highest BCUT2D eigenvalue weighted by molar-refractivity contribution is 6.32. The van der Waals surface area contributed by atoms with Crippen LogP contribution >= 0.6 is 11.6 Å². The molecule has 3 aromatic rings. The van der Waals surface area contributed by atoms with E-state index >= 15 is 0 Å². The van der Waals surface area contributed by atoms with E-state index in [1.54, 1.807) is 30.3 Å². The number of carbonyl (C=O) groups is 2. The summed E-state index contributed by atoms with van der Waals surface area (Å²) < 4.78 is 58.7. The Kier molecular flexibility index (Phi) is 5.60. The highest BCUT2D eigenvalue weighted by atomic mass is 35.5.